The summed E-state index contributed by atoms with van der Waals surface area (Å²) in [6.07, 6.45) is 0. The fourth-order valence-electron chi connectivity index (χ4n) is 3.55. The average molecular weight is 392 g/mol. The maximum atomic E-state index is 13.2. The highest BCUT2D eigenvalue weighted by Crippen LogP contribution is 2.30. The molecule has 146 valence electrons. The lowest BCUT2D eigenvalue weighted by atomic mass is 10.1. The number of sulfonamides is 1. The van der Waals surface area contributed by atoms with E-state index in [-0.39, 0.29) is 4.90 Å². The van der Waals surface area contributed by atoms with Gasteiger partial charge in [0.1, 0.15) is 22.4 Å². The number of ether oxygens (including phenoxy) is 2. The predicted octanol–water partition coefficient (Wildman–Crippen LogP) is 1.35. The monoisotopic (exact) mass is 391 g/mol. The number of nitrogens with zero attached hydrogens (tertiary/aromatic N) is 1. The standard InChI is InChI=1S/C20H26N2O4S/c1-16(17-7-5-4-6-8-17)21-11-13-22(14-12-21)27(23,24)20-15-18(25-2)9-10-19(20)26-3/h4-10,15-16H,11-14H2,1-3H3/p+1/t16-/m0/s1. The first-order valence-electron chi connectivity index (χ1n) is 9.09. The van der Waals surface area contributed by atoms with Crippen molar-refractivity contribution in [1.29, 1.82) is 0 Å². The molecule has 1 fully saturated rings. The van der Waals surface area contributed by atoms with Crippen LogP contribution in [0.25, 0.3) is 0 Å². The molecular formula is C20H27N2O4S+. The van der Waals surface area contributed by atoms with Crippen LogP contribution in [-0.4, -0.2) is 53.1 Å². The lowest BCUT2D eigenvalue weighted by Gasteiger charge is -2.35. The molecule has 2 aromatic carbocycles. The maximum absolute atomic E-state index is 13.2. The molecule has 0 bridgehead atoms. The Morgan fingerprint density at radius 3 is 2.26 bits per heavy atom. The summed E-state index contributed by atoms with van der Waals surface area (Å²) in [5.41, 5.74) is 1.28. The number of piperazine rings is 1. The fourth-order valence-corrected chi connectivity index (χ4v) is 5.16. The van der Waals surface area contributed by atoms with Crippen LogP contribution in [0.5, 0.6) is 11.5 Å². The van der Waals surface area contributed by atoms with Gasteiger partial charge in [-0.3, -0.25) is 0 Å². The maximum Gasteiger partial charge on any atom is 0.247 e. The highest BCUT2D eigenvalue weighted by molar-refractivity contribution is 7.89. The van der Waals surface area contributed by atoms with Gasteiger partial charge in [-0.15, -0.1) is 0 Å². The van der Waals surface area contributed by atoms with Crippen LogP contribution in [0.15, 0.2) is 53.4 Å². The highest BCUT2D eigenvalue weighted by atomic mass is 32.2. The first-order valence-corrected chi connectivity index (χ1v) is 10.5. The molecule has 0 aliphatic carbocycles. The predicted molar refractivity (Wildman–Crippen MR) is 104 cm³/mol. The Labute approximate surface area is 161 Å². The van der Waals surface area contributed by atoms with Crippen molar-refractivity contribution in [2.24, 2.45) is 0 Å². The quantitative estimate of drug-likeness (QED) is 0.808. The molecule has 0 aromatic heterocycles. The zero-order chi connectivity index (χ0) is 19.4. The van der Waals surface area contributed by atoms with Gasteiger partial charge < -0.3 is 14.4 Å². The second kappa shape index (κ2) is 8.29. The van der Waals surface area contributed by atoms with Crippen molar-refractivity contribution in [2.45, 2.75) is 17.9 Å². The molecular weight excluding hydrogens is 364 g/mol. The Kier molecular flexibility index (Phi) is 6.04. The topological polar surface area (TPSA) is 60.3 Å². The van der Waals surface area contributed by atoms with Gasteiger partial charge in [-0.1, -0.05) is 30.3 Å². The van der Waals surface area contributed by atoms with E-state index in [2.05, 4.69) is 19.1 Å². The second-order valence-corrected chi connectivity index (χ2v) is 8.62. The van der Waals surface area contributed by atoms with Crippen molar-refractivity contribution in [3.63, 3.8) is 0 Å². The molecule has 6 nitrogen and oxygen atoms in total. The molecule has 1 N–H and O–H groups in total. The van der Waals surface area contributed by atoms with Crippen molar-refractivity contribution in [1.82, 2.24) is 4.31 Å². The van der Waals surface area contributed by atoms with Crippen LogP contribution in [0.1, 0.15) is 18.5 Å². The average Bonchev–Trinajstić information content (AvgIpc) is 2.73. The smallest absolute Gasteiger partial charge is 0.247 e. The van der Waals surface area contributed by atoms with Gasteiger partial charge in [-0.25, -0.2) is 8.42 Å². The Morgan fingerprint density at radius 1 is 1.00 bits per heavy atom. The first-order chi connectivity index (χ1) is 13.0. The summed E-state index contributed by atoms with van der Waals surface area (Å²) in [5.74, 6) is 0.833. The number of nitrogens with one attached hydrogen (secondary N) is 1. The van der Waals surface area contributed by atoms with Crippen LogP contribution in [0.4, 0.5) is 0 Å². The van der Waals surface area contributed by atoms with E-state index in [9.17, 15) is 8.42 Å². The molecule has 3 rings (SSSR count). The van der Waals surface area contributed by atoms with Gasteiger partial charge in [0.15, 0.2) is 0 Å². The summed E-state index contributed by atoms with van der Waals surface area (Å²) in [6, 6.07) is 15.5. The third-order valence-electron chi connectivity index (χ3n) is 5.27. The molecule has 1 heterocycles. The largest absolute Gasteiger partial charge is 0.497 e. The number of hydrogen-bond donors (Lipinski definition) is 1. The molecule has 0 unspecified atom stereocenters. The van der Waals surface area contributed by atoms with E-state index in [1.54, 1.807) is 16.4 Å². The van der Waals surface area contributed by atoms with E-state index < -0.39 is 10.0 Å². The van der Waals surface area contributed by atoms with Crippen LogP contribution < -0.4 is 14.4 Å². The Hall–Kier alpha value is -2.09. The van der Waals surface area contributed by atoms with Gasteiger partial charge >= 0.3 is 0 Å². The Morgan fingerprint density at radius 2 is 1.67 bits per heavy atom. The zero-order valence-corrected chi connectivity index (χ0v) is 16.8. The fraction of sp³-hybridized carbons (Fsp3) is 0.400. The minimum Gasteiger partial charge on any atom is -0.497 e. The Balaban J connectivity index is 1.75. The van der Waals surface area contributed by atoms with Gasteiger partial charge in [0.05, 0.1) is 40.4 Å². The number of methoxy groups -OCH3 is 2. The van der Waals surface area contributed by atoms with Crippen molar-refractivity contribution in [2.75, 3.05) is 40.4 Å². The minimum atomic E-state index is -3.64. The van der Waals surface area contributed by atoms with E-state index in [4.69, 9.17) is 9.47 Å². The summed E-state index contributed by atoms with van der Waals surface area (Å²) in [7, 11) is -0.640. The normalized spacial score (nSPS) is 17.4. The van der Waals surface area contributed by atoms with Crippen LogP contribution in [0.3, 0.4) is 0 Å². The Bertz CT molecular complexity index is 863. The number of quaternary nitrogens is 1. The molecule has 2 aromatic rings. The number of rotatable bonds is 6. The lowest BCUT2D eigenvalue weighted by molar-refractivity contribution is -0.933. The minimum absolute atomic E-state index is 0.156. The molecule has 1 saturated heterocycles. The molecule has 0 saturated carbocycles. The molecule has 1 aliphatic heterocycles. The van der Waals surface area contributed by atoms with Crippen LogP contribution in [-0.2, 0) is 10.0 Å². The number of benzene rings is 2. The van der Waals surface area contributed by atoms with Gasteiger partial charge in [0.2, 0.25) is 10.0 Å². The summed E-state index contributed by atoms with van der Waals surface area (Å²) in [4.78, 5) is 1.55. The SMILES string of the molecule is COc1ccc(OC)c(S(=O)(=O)N2CC[NH+]([C@@H](C)c3ccccc3)CC2)c1. The highest BCUT2D eigenvalue weighted by Gasteiger charge is 2.34. The lowest BCUT2D eigenvalue weighted by Crippen LogP contribution is -3.14. The van der Waals surface area contributed by atoms with Crippen molar-refractivity contribution in [3.8, 4) is 11.5 Å². The van der Waals surface area contributed by atoms with E-state index in [1.165, 1.54) is 30.7 Å². The third-order valence-corrected chi connectivity index (χ3v) is 7.19. The van der Waals surface area contributed by atoms with Gasteiger partial charge in [0.25, 0.3) is 0 Å². The van der Waals surface area contributed by atoms with E-state index in [0.29, 0.717) is 30.6 Å². The van der Waals surface area contributed by atoms with E-state index in [1.807, 2.05) is 18.2 Å². The first kappa shape index (κ1) is 19.7. The van der Waals surface area contributed by atoms with E-state index >= 15 is 0 Å². The number of hydrogen-bond acceptors (Lipinski definition) is 4. The summed E-state index contributed by atoms with van der Waals surface area (Å²) >= 11 is 0. The molecule has 27 heavy (non-hydrogen) atoms. The van der Waals surface area contributed by atoms with Gasteiger partial charge in [-0.2, -0.15) is 4.31 Å². The molecule has 0 radical (unpaired) electrons. The summed E-state index contributed by atoms with van der Waals surface area (Å²) < 4.78 is 38.3. The summed E-state index contributed by atoms with van der Waals surface area (Å²) in [5, 5.41) is 0. The van der Waals surface area contributed by atoms with Crippen molar-refractivity contribution in [3.05, 3.63) is 54.1 Å². The van der Waals surface area contributed by atoms with Crippen LogP contribution >= 0.6 is 0 Å². The third kappa shape index (κ3) is 4.10. The van der Waals surface area contributed by atoms with Crippen LogP contribution in [0, 0.1) is 0 Å². The summed E-state index contributed by atoms with van der Waals surface area (Å²) in [6.45, 7) is 4.69. The zero-order valence-electron chi connectivity index (χ0n) is 16.0. The molecule has 0 spiro atoms. The molecule has 1 atom stereocenters. The molecule has 1 aliphatic rings. The van der Waals surface area contributed by atoms with Gasteiger partial charge in [-0.05, 0) is 19.1 Å². The second-order valence-electron chi connectivity index (χ2n) is 6.71. The molecule has 7 heteroatoms. The van der Waals surface area contributed by atoms with E-state index in [0.717, 1.165) is 13.1 Å². The van der Waals surface area contributed by atoms with Crippen molar-refractivity contribution >= 4 is 10.0 Å². The van der Waals surface area contributed by atoms with Crippen molar-refractivity contribution < 1.29 is 22.8 Å². The molecule has 0 amide bonds. The van der Waals surface area contributed by atoms with Crippen LogP contribution in [0.2, 0.25) is 0 Å². The van der Waals surface area contributed by atoms with Gasteiger partial charge in [0, 0.05) is 11.6 Å².